The van der Waals surface area contributed by atoms with Gasteiger partial charge in [-0.05, 0) is 72.3 Å². The predicted octanol–water partition coefficient (Wildman–Crippen LogP) is 3.39. The van der Waals surface area contributed by atoms with Gasteiger partial charge in [0.15, 0.2) is 23.0 Å². The molecule has 0 fully saturated rings. The van der Waals surface area contributed by atoms with E-state index in [1.165, 1.54) is 7.11 Å². The second kappa shape index (κ2) is 11.7. The number of fused-ring (bicyclic) bond motifs is 2. The van der Waals surface area contributed by atoms with Crippen LogP contribution in [0.5, 0.6) is 23.0 Å². The number of halogens is 1. The Balaban J connectivity index is 0.00000400. The van der Waals surface area contributed by atoms with Gasteiger partial charge in [0.05, 0.1) is 34.9 Å². The first-order chi connectivity index (χ1) is 17.5. The molecule has 0 saturated heterocycles. The van der Waals surface area contributed by atoms with Crippen LogP contribution in [0.25, 0.3) is 0 Å². The van der Waals surface area contributed by atoms with Gasteiger partial charge in [0, 0.05) is 31.0 Å². The molecule has 0 spiro atoms. The first-order valence-corrected chi connectivity index (χ1v) is 11.1. The Labute approximate surface area is 213 Å². The van der Waals surface area contributed by atoms with Crippen LogP contribution in [-0.4, -0.2) is 65.3 Å². The van der Waals surface area contributed by atoms with Crippen molar-refractivity contribution in [2.75, 3.05) is 54.5 Å². The number of hydrogen-bond donors (Lipinski definition) is 1. The summed E-state index contributed by atoms with van der Waals surface area (Å²) in [7, 11) is 6.20. The van der Waals surface area contributed by atoms with Crippen molar-refractivity contribution in [1.82, 2.24) is 10.2 Å². The van der Waals surface area contributed by atoms with Gasteiger partial charge >= 0.3 is 0 Å². The molecule has 1 heterocycles. The number of amides is 1. The lowest BCUT2D eigenvalue weighted by Gasteiger charge is -2.31. The van der Waals surface area contributed by atoms with Crippen LogP contribution in [0.2, 0.25) is 0 Å². The highest BCUT2D eigenvalue weighted by Crippen LogP contribution is 2.42. The molecule has 0 bridgehead atoms. The summed E-state index contributed by atoms with van der Waals surface area (Å²) in [5.41, 5.74) is 3.61. The Hall–Kier alpha value is -2.64. The van der Waals surface area contributed by atoms with Crippen LogP contribution in [0.15, 0.2) is 24.3 Å². The van der Waals surface area contributed by atoms with Crippen LogP contribution >= 0.6 is 12.4 Å². The van der Waals surface area contributed by atoms with Crippen molar-refractivity contribution in [2.45, 2.75) is 31.6 Å². The van der Waals surface area contributed by atoms with Crippen molar-refractivity contribution < 1.29 is 29.2 Å². The number of carbonyl (C=O) groups excluding carboxylic acids is 1. The molecule has 1 aliphatic heterocycles. The van der Waals surface area contributed by atoms with Crippen LogP contribution in [0.3, 0.4) is 0 Å². The fourth-order valence-corrected chi connectivity index (χ4v) is 4.41. The van der Waals surface area contributed by atoms with Crippen LogP contribution in [0, 0.1) is 0 Å². The smallest absolute Gasteiger partial charge is 0.227 e. The Morgan fingerprint density at radius 1 is 0.941 bits per heavy atom. The molecule has 186 valence electrons. The lowest BCUT2D eigenvalue weighted by molar-refractivity contribution is -0.130. The maximum atomic E-state index is 13.0. The second-order valence-electron chi connectivity index (χ2n) is 8.14. The summed E-state index contributed by atoms with van der Waals surface area (Å²) in [4.78, 5) is 14.6. The molecule has 1 aliphatic carbocycles. The molecule has 7 nitrogen and oxygen atoms in total. The third kappa shape index (κ3) is 5.36. The molecule has 2 aromatic rings. The number of nitrogens with one attached hydrogen (secondary N) is 1. The van der Waals surface area contributed by atoms with Crippen molar-refractivity contribution in [2.24, 2.45) is 0 Å². The van der Waals surface area contributed by atoms with E-state index < -0.39 is 18.9 Å². The van der Waals surface area contributed by atoms with Gasteiger partial charge in [0.1, 0.15) is 0 Å². The van der Waals surface area contributed by atoms with E-state index in [4.69, 9.17) is 24.4 Å². The SMILES string of the molecule is Cl.[2H]C([2H])(CCN1CCc2cc(OC)c(OC)cc2CC1=O)NC([2H])([2H])[C@H]1Cc2cc(OC)c(OC)cc21. The predicted molar refractivity (Wildman–Crippen MR) is 134 cm³/mol. The van der Waals surface area contributed by atoms with Crippen molar-refractivity contribution in [3.63, 3.8) is 0 Å². The van der Waals surface area contributed by atoms with E-state index in [2.05, 4.69) is 5.32 Å². The van der Waals surface area contributed by atoms with E-state index in [1.54, 1.807) is 32.3 Å². The van der Waals surface area contributed by atoms with Crippen molar-refractivity contribution in [3.8, 4) is 23.0 Å². The van der Waals surface area contributed by atoms with Crippen molar-refractivity contribution in [1.29, 1.82) is 0 Å². The third-order valence-corrected chi connectivity index (χ3v) is 6.34. The molecule has 1 atom stereocenters. The highest BCUT2D eigenvalue weighted by atomic mass is 35.5. The Morgan fingerprint density at radius 3 is 2.18 bits per heavy atom. The number of nitrogens with zero attached hydrogens (tertiary/aromatic N) is 1. The van der Waals surface area contributed by atoms with Gasteiger partial charge in [0.2, 0.25) is 5.91 Å². The van der Waals surface area contributed by atoms with Crippen molar-refractivity contribution >= 4 is 18.3 Å². The normalized spacial score (nSPS) is 19.0. The minimum Gasteiger partial charge on any atom is -0.493 e. The van der Waals surface area contributed by atoms with Crippen LogP contribution in [-0.2, 0) is 24.1 Å². The van der Waals surface area contributed by atoms with Crippen LogP contribution in [0.1, 0.15) is 40.1 Å². The van der Waals surface area contributed by atoms with Gasteiger partial charge in [-0.1, -0.05) is 0 Å². The standard InChI is InChI=1S/C26H34N2O5.ClH/c1-30-22-11-17-6-9-28(26(29)14-18(17)12-23(22)31-2)8-5-7-27-16-20-10-19-13-24(32-3)25(33-4)15-21(19)20;/h11-13,15,20,27H,5-10,14,16H2,1-4H3;1H/t20-;/m1./s1/i7D2,16D2;. The number of ether oxygens (including phenoxy) is 4. The van der Waals surface area contributed by atoms with E-state index in [-0.39, 0.29) is 37.7 Å². The van der Waals surface area contributed by atoms with E-state index in [0.717, 1.165) is 22.3 Å². The van der Waals surface area contributed by atoms with Crippen LogP contribution < -0.4 is 24.3 Å². The summed E-state index contributed by atoms with van der Waals surface area (Å²) in [6.07, 6.45) is 1.22. The molecule has 1 N–H and O–H groups in total. The zero-order valence-corrected chi connectivity index (χ0v) is 20.8. The lowest BCUT2D eigenvalue weighted by atomic mass is 9.77. The topological polar surface area (TPSA) is 69.3 Å². The lowest BCUT2D eigenvalue weighted by Crippen LogP contribution is -2.35. The van der Waals surface area contributed by atoms with Gasteiger partial charge in [-0.3, -0.25) is 4.79 Å². The summed E-state index contributed by atoms with van der Waals surface area (Å²) in [6, 6.07) is 7.31. The van der Waals surface area contributed by atoms with Gasteiger partial charge < -0.3 is 29.2 Å². The summed E-state index contributed by atoms with van der Waals surface area (Å²) < 4.78 is 55.6. The highest BCUT2D eigenvalue weighted by Gasteiger charge is 2.28. The molecular formula is C26H35ClN2O5. The minimum absolute atomic E-state index is 0. The molecule has 2 aromatic carbocycles. The molecule has 0 aromatic heterocycles. The summed E-state index contributed by atoms with van der Waals surface area (Å²) in [6.45, 7) is -3.41. The first kappa shape index (κ1) is 20.7. The molecule has 4 rings (SSSR count). The molecule has 0 saturated carbocycles. The molecule has 0 radical (unpaired) electrons. The van der Waals surface area contributed by atoms with Crippen LogP contribution in [0.4, 0.5) is 0 Å². The molecular weight excluding hydrogens is 456 g/mol. The first-order valence-electron chi connectivity index (χ1n) is 13.1. The fraction of sp³-hybridized carbons (Fsp3) is 0.500. The van der Waals surface area contributed by atoms with E-state index in [9.17, 15) is 4.79 Å². The summed E-state index contributed by atoms with van der Waals surface area (Å²) in [5, 5.41) is 2.58. The summed E-state index contributed by atoms with van der Waals surface area (Å²) in [5.74, 6) is 1.65. The second-order valence-corrected chi connectivity index (χ2v) is 8.14. The average molecular weight is 495 g/mol. The van der Waals surface area contributed by atoms with Gasteiger partial charge in [-0.2, -0.15) is 0 Å². The molecule has 2 aliphatic rings. The monoisotopic (exact) mass is 494 g/mol. The highest BCUT2D eigenvalue weighted by molar-refractivity contribution is 5.85. The average Bonchev–Trinajstić information content (AvgIpc) is 2.98. The molecule has 8 heteroatoms. The fourth-order valence-electron chi connectivity index (χ4n) is 4.41. The molecule has 1 amide bonds. The maximum Gasteiger partial charge on any atom is 0.227 e. The Morgan fingerprint density at radius 2 is 1.53 bits per heavy atom. The maximum absolute atomic E-state index is 13.0. The number of methoxy groups -OCH3 is 4. The van der Waals surface area contributed by atoms with E-state index in [1.807, 2.05) is 18.2 Å². The van der Waals surface area contributed by atoms with E-state index in [0.29, 0.717) is 42.4 Å². The zero-order valence-electron chi connectivity index (χ0n) is 24.0. The Kier molecular flexibility index (Phi) is 7.11. The summed E-state index contributed by atoms with van der Waals surface area (Å²) >= 11 is 0. The third-order valence-electron chi connectivity index (χ3n) is 6.34. The quantitative estimate of drug-likeness (QED) is 0.546. The number of hydrogen-bond acceptors (Lipinski definition) is 6. The van der Waals surface area contributed by atoms with Gasteiger partial charge in [-0.25, -0.2) is 0 Å². The largest absolute Gasteiger partial charge is 0.493 e. The molecule has 34 heavy (non-hydrogen) atoms. The Bertz CT molecular complexity index is 1180. The number of benzene rings is 2. The van der Waals surface area contributed by atoms with Crippen molar-refractivity contribution in [3.05, 3.63) is 46.5 Å². The minimum atomic E-state index is -2.03. The molecule has 0 unspecified atom stereocenters. The number of rotatable bonds is 10. The zero-order chi connectivity index (χ0) is 27.0. The number of carbonyl (C=O) groups is 1. The van der Waals surface area contributed by atoms with Gasteiger partial charge in [-0.15, -0.1) is 12.4 Å². The van der Waals surface area contributed by atoms with Gasteiger partial charge in [0.25, 0.3) is 0 Å². The van der Waals surface area contributed by atoms with E-state index >= 15 is 0 Å².